The number of nitrogens with one attached hydrogen (secondary N) is 2. The molecule has 0 aliphatic carbocycles. The molecule has 0 amide bonds. The maximum absolute atomic E-state index is 5.95. The van der Waals surface area contributed by atoms with E-state index in [1.807, 2.05) is 18.3 Å². The second-order valence-electron chi connectivity index (χ2n) is 6.94. The first-order valence-corrected chi connectivity index (χ1v) is 10.4. The van der Waals surface area contributed by atoms with E-state index in [1.54, 1.807) is 14.2 Å². The van der Waals surface area contributed by atoms with Crippen molar-refractivity contribution in [3.05, 3.63) is 53.2 Å². The van der Waals surface area contributed by atoms with Crippen LogP contribution in [0.1, 0.15) is 36.5 Å². The van der Waals surface area contributed by atoms with E-state index < -0.39 is 0 Å². The van der Waals surface area contributed by atoms with Gasteiger partial charge in [0.2, 0.25) is 5.88 Å². The molecule has 1 heterocycles. The van der Waals surface area contributed by atoms with Crippen molar-refractivity contribution in [2.24, 2.45) is 4.99 Å². The van der Waals surface area contributed by atoms with E-state index in [0.717, 1.165) is 29.7 Å². The number of aromatic nitrogens is 1. The number of nitrogens with zero attached hydrogens (tertiary/aromatic N) is 2. The van der Waals surface area contributed by atoms with Crippen LogP contribution in [-0.4, -0.2) is 44.9 Å². The van der Waals surface area contributed by atoms with Crippen LogP contribution in [0.25, 0.3) is 0 Å². The summed E-state index contributed by atoms with van der Waals surface area (Å²) in [4.78, 5) is 8.63. The fourth-order valence-corrected chi connectivity index (χ4v) is 2.72. The van der Waals surface area contributed by atoms with Crippen LogP contribution in [0.2, 0.25) is 0 Å². The van der Waals surface area contributed by atoms with E-state index in [2.05, 4.69) is 52.7 Å². The molecule has 1 aromatic carbocycles. The standard InChI is InChI=1S/C23H34N4O3/c1-5-11-30-22-10-8-19(15-25-22)16-26-23(24-3)27-17-20-9-7-18(2)14-21(20)29-13-6-12-28-4/h7-10,14-15H,5-6,11-13,16-17H2,1-4H3,(H2,24,26,27). The molecule has 0 saturated carbocycles. The molecule has 1 aromatic heterocycles. The number of ether oxygens (including phenoxy) is 3. The molecule has 0 aliphatic rings. The maximum Gasteiger partial charge on any atom is 0.213 e. The summed E-state index contributed by atoms with van der Waals surface area (Å²) < 4.78 is 16.6. The number of rotatable bonds is 12. The average Bonchev–Trinajstić information content (AvgIpc) is 2.77. The van der Waals surface area contributed by atoms with E-state index >= 15 is 0 Å². The first-order chi connectivity index (χ1) is 14.7. The van der Waals surface area contributed by atoms with Crippen molar-refractivity contribution in [3.8, 4) is 11.6 Å². The maximum atomic E-state index is 5.95. The first-order valence-electron chi connectivity index (χ1n) is 10.4. The third-order valence-electron chi connectivity index (χ3n) is 4.35. The van der Waals surface area contributed by atoms with Crippen LogP contribution in [0.4, 0.5) is 0 Å². The molecule has 2 aromatic rings. The predicted molar refractivity (Wildman–Crippen MR) is 120 cm³/mol. The topological polar surface area (TPSA) is 77.0 Å². The van der Waals surface area contributed by atoms with Crippen LogP contribution in [0.5, 0.6) is 11.6 Å². The van der Waals surface area contributed by atoms with E-state index in [0.29, 0.717) is 44.7 Å². The molecule has 7 heteroatoms. The molecular weight excluding hydrogens is 380 g/mol. The quantitative estimate of drug-likeness (QED) is 0.315. The molecule has 0 radical (unpaired) electrons. The van der Waals surface area contributed by atoms with Gasteiger partial charge < -0.3 is 24.8 Å². The van der Waals surface area contributed by atoms with Crippen molar-refractivity contribution in [2.75, 3.05) is 34.0 Å². The molecule has 0 fully saturated rings. The molecule has 0 aliphatic heterocycles. The van der Waals surface area contributed by atoms with Crippen LogP contribution >= 0.6 is 0 Å². The summed E-state index contributed by atoms with van der Waals surface area (Å²) in [5, 5.41) is 6.66. The molecule has 2 rings (SSSR count). The molecule has 0 atom stereocenters. The normalized spacial score (nSPS) is 11.3. The summed E-state index contributed by atoms with van der Waals surface area (Å²) in [6.45, 7) is 7.37. The van der Waals surface area contributed by atoms with Crippen LogP contribution in [0.15, 0.2) is 41.5 Å². The Bertz CT molecular complexity index is 779. The number of hydrogen-bond acceptors (Lipinski definition) is 5. The Kier molecular flexibility index (Phi) is 10.5. The second-order valence-corrected chi connectivity index (χ2v) is 6.94. The smallest absolute Gasteiger partial charge is 0.213 e. The number of hydrogen-bond donors (Lipinski definition) is 2. The number of aryl methyl sites for hydroxylation is 1. The highest BCUT2D eigenvalue weighted by Gasteiger charge is 2.06. The Hall–Kier alpha value is -2.80. The van der Waals surface area contributed by atoms with E-state index in [4.69, 9.17) is 14.2 Å². The van der Waals surface area contributed by atoms with Crippen molar-refractivity contribution < 1.29 is 14.2 Å². The first kappa shape index (κ1) is 23.5. The molecule has 30 heavy (non-hydrogen) atoms. The third kappa shape index (κ3) is 8.29. The second kappa shape index (κ2) is 13.4. The Balaban J connectivity index is 1.86. The van der Waals surface area contributed by atoms with Gasteiger partial charge in [-0.15, -0.1) is 0 Å². The summed E-state index contributed by atoms with van der Waals surface area (Å²) in [7, 11) is 3.46. The van der Waals surface area contributed by atoms with Gasteiger partial charge in [0.1, 0.15) is 5.75 Å². The lowest BCUT2D eigenvalue weighted by atomic mass is 10.1. The number of methoxy groups -OCH3 is 1. The van der Waals surface area contributed by atoms with Crippen molar-refractivity contribution in [2.45, 2.75) is 39.8 Å². The van der Waals surface area contributed by atoms with Gasteiger partial charge in [-0.05, 0) is 30.5 Å². The predicted octanol–water partition coefficient (Wildman–Crippen LogP) is 3.46. The molecule has 0 saturated heterocycles. The Morgan fingerprint density at radius 2 is 1.87 bits per heavy atom. The van der Waals surface area contributed by atoms with Gasteiger partial charge >= 0.3 is 0 Å². The lowest BCUT2D eigenvalue weighted by Gasteiger charge is -2.15. The van der Waals surface area contributed by atoms with Gasteiger partial charge in [-0.25, -0.2) is 4.98 Å². The molecule has 164 valence electrons. The largest absolute Gasteiger partial charge is 0.493 e. The highest BCUT2D eigenvalue weighted by atomic mass is 16.5. The molecule has 2 N–H and O–H groups in total. The van der Waals surface area contributed by atoms with Gasteiger partial charge in [0.05, 0.1) is 13.2 Å². The highest BCUT2D eigenvalue weighted by Crippen LogP contribution is 2.20. The van der Waals surface area contributed by atoms with Gasteiger partial charge in [-0.3, -0.25) is 4.99 Å². The Labute approximate surface area is 179 Å². The van der Waals surface area contributed by atoms with Gasteiger partial charge in [0.15, 0.2) is 5.96 Å². The van der Waals surface area contributed by atoms with Crippen molar-refractivity contribution in [1.29, 1.82) is 0 Å². The van der Waals surface area contributed by atoms with Crippen molar-refractivity contribution in [3.63, 3.8) is 0 Å². The minimum Gasteiger partial charge on any atom is -0.493 e. The molecule has 0 spiro atoms. The fraction of sp³-hybridized carbons (Fsp3) is 0.478. The van der Waals surface area contributed by atoms with Crippen LogP contribution < -0.4 is 20.1 Å². The average molecular weight is 415 g/mol. The Morgan fingerprint density at radius 3 is 2.57 bits per heavy atom. The lowest BCUT2D eigenvalue weighted by Crippen LogP contribution is -2.36. The zero-order chi connectivity index (χ0) is 21.6. The zero-order valence-corrected chi connectivity index (χ0v) is 18.5. The van der Waals surface area contributed by atoms with Crippen LogP contribution in [0.3, 0.4) is 0 Å². The van der Waals surface area contributed by atoms with Gasteiger partial charge in [-0.2, -0.15) is 0 Å². The van der Waals surface area contributed by atoms with E-state index in [9.17, 15) is 0 Å². The molecule has 0 bridgehead atoms. The van der Waals surface area contributed by atoms with Gasteiger partial charge in [0, 0.05) is 58.1 Å². The lowest BCUT2D eigenvalue weighted by molar-refractivity contribution is 0.171. The molecule has 0 unspecified atom stereocenters. The number of guanidine groups is 1. The summed E-state index contributed by atoms with van der Waals surface area (Å²) in [6, 6.07) is 10.1. The Morgan fingerprint density at radius 1 is 1.03 bits per heavy atom. The number of aliphatic imine (C=N–C) groups is 1. The third-order valence-corrected chi connectivity index (χ3v) is 4.35. The summed E-state index contributed by atoms with van der Waals surface area (Å²) in [5.41, 5.74) is 3.31. The minimum absolute atomic E-state index is 0.613. The summed E-state index contributed by atoms with van der Waals surface area (Å²) in [6.07, 6.45) is 3.64. The number of pyridine rings is 1. The monoisotopic (exact) mass is 414 g/mol. The summed E-state index contributed by atoms with van der Waals surface area (Å²) in [5.74, 6) is 2.26. The van der Waals surface area contributed by atoms with Crippen molar-refractivity contribution in [1.82, 2.24) is 15.6 Å². The van der Waals surface area contributed by atoms with E-state index in [-0.39, 0.29) is 0 Å². The fourth-order valence-electron chi connectivity index (χ4n) is 2.72. The number of benzene rings is 1. The van der Waals surface area contributed by atoms with Gasteiger partial charge in [-0.1, -0.05) is 25.1 Å². The molecule has 7 nitrogen and oxygen atoms in total. The zero-order valence-electron chi connectivity index (χ0n) is 18.5. The van der Waals surface area contributed by atoms with Crippen LogP contribution in [0, 0.1) is 6.92 Å². The van der Waals surface area contributed by atoms with E-state index in [1.165, 1.54) is 5.56 Å². The summed E-state index contributed by atoms with van der Waals surface area (Å²) >= 11 is 0. The minimum atomic E-state index is 0.613. The highest BCUT2D eigenvalue weighted by molar-refractivity contribution is 5.79. The van der Waals surface area contributed by atoms with Crippen LogP contribution in [-0.2, 0) is 17.8 Å². The molecular formula is C23H34N4O3. The van der Waals surface area contributed by atoms with Crippen molar-refractivity contribution >= 4 is 5.96 Å². The van der Waals surface area contributed by atoms with Gasteiger partial charge in [0.25, 0.3) is 0 Å². The SMILES string of the molecule is CCCOc1ccc(CNC(=NC)NCc2ccc(C)cc2OCCCOC)cn1.